The van der Waals surface area contributed by atoms with Crippen LogP contribution in [0.15, 0.2) is 36.4 Å². The first-order valence-corrected chi connectivity index (χ1v) is 8.89. The molecule has 2 aromatic carbocycles. The van der Waals surface area contributed by atoms with Crippen molar-refractivity contribution in [3.05, 3.63) is 63.2 Å². The van der Waals surface area contributed by atoms with Crippen molar-refractivity contribution in [3.8, 4) is 11.5 Å². The van der Waals surface area contributed by atoms with E-state index >= 15 is 0 Å². The number of hydrogen-bond acceptors (Lipinski definition) is 7. The van der Waals surface area contributed by atoms with Crippen LogP contribution in [0.4, 0.5) is 5.69 Å². The summed E-state index contributed by atoms with van der Waals surface area (Å²) in [6, 6.07) is 10.4. The van der Waals surface area contributed by atoms with E-state index in [0.717, 1.165) is 11.3 Å². The summed E-state index contributed by atoms with van der Waals surface area (Å²) in [7, 11) is 0. The van der Waals surface area contributed by atoms with Gasteiger partial charge in [0.1, 0.15) is 18.1 Å². The number of benzene rings is 2. The third kappa shape index (κ3) is 5.20. The standard InChI is InChI=1S/C20H21NO7/c1-14-4-6-18(7-5-14)26-8-2-3-19(22)27-12-16-10-17(21(23)24)9-15-11-25-13-28-20(15)16/h4-7,9-10H,2-3,8,11-13H2,1H3. The average Bonchev–Trinajstić information content (AvgIpc) is 2.70. The number of nitro benzene ring substituents is 1. The number of nitro groups is 1. The van der Waals surface area contributed by atoms with Gasteiger partial charge in [-0.25, -0.2) is 0 Å². The van der Waals surface area contributed by atoms with Gasteiger partial charge < -0.3 is 18.9 Å². The summed E-state index contributed by atoms with van der Waals surface area (Å²) in [5.74, 6) is 0.828. The largest absolute Gasteiger partial charge is 0.494 e. The predicted molar refractivity (Wildman–Crippen MR) is 99.1 cm³/mol. The molecule has 0 unspecified atom stereocenters. The Bertz CT molecular complexity index is 848. The van der Waals surface area contributed by atoms with Crippen LogP contribution in [0.25, 0.3) is 0 Å². The highest BCUT2D eigenvalue weighted by molar-refractivity contribution is 5.69. The molecule has 0 fully saturated rings. The maximum absolute atomic E-state index is 12.0. The summed E-state index contributed by atoms with van der Waals surface area (Å²) in [6.45, 7) is 2.57. The van der Waals surface area contributed by atoms with Crippen molar-refractivity contribution in [2.75, 3.05) is 13.4 Å². The number of aryl methyl sites for hydroxylation is 1. The van der Waals surface area contributed by atoms with E-state index in [1.165, 1.54) is 12.1 Å². The molecule has 28 heavy (non-hydrogen) atoms. The fourth-order valence-electron chi connectivity index (χ4n) is 2.76. The molecule has 0 saturated carbocycles. The first kappa shape index (κ1) is 19.6. The number of non-ortho nitro benzene ring substituents is 1. The molecular weight excluding hydrogens is 366 g/mol. The van der Waals surface area contributed by atoms with E-state index in [9.17, 15) is 14.9 Å². The number of fused-ring (bicyclic) bond motifs is 1. The van der Waals surface area contributed by atoms with Gasteiger partial charge >= 0.3 is 5.97 Å². The second kappa shape index (κ2) is 9.18. The van der Waals surface area contributed by atoms with E-state index < -0.39 is 10.9 Å². The van der Waals surface area contributed by atoms with Crippen molar-refractivity contribution in [2.24, 2.45) is 0 Å². The van der Waals surface area contributed by atoms with Crippen molar-refractivity contribution >= 4 is 11.7 Å². The van der Waals surface area contributed by atoms with Gasteiger partial charge in [-0.05, 0) is 25.5 Å². The Balaban J connectivity index is 1.49. The van der Waals surface area contributed by atoms with Crippen LogP contribution in [-0.4, -0.2) is 24.3 Å². The van der Waals surface area contributed by atoms with Gasteiger partial charge in [0.05, 0.1) is 18.1 Å². The van der Waals surface area contributed by atoms with Crippen molar-refractivity contribution < 1.29 is 28.7 Å². The first-order chi connectivity index (χ1) is 13.5. The molecule has 2 aromatic rings. The molecule has 0 bridgehead atoms. The van der Waals surface area contributed by atoms with Gasteiger partial charge in [-0.15, -0.1) is 0 Å². The van der Waals surface area contributed by atoms with Gasteiger partial charge in [-0.3, -0.25) is 14.9 Å². The van der Waals surface area contributed by atoms with E-state index in [-0.39, 0.29) is 32.1 Å². The van der Waals surface area contributed by atoms with Gasteiger partial charge in [0.2, 0.25) is 0 Å². The third-order valence-corrected chi connectivity index (χ3v) is 4.19. The van der Waals surface area contributed by atoms with Gasteiger partial charge in [0.25, 0.3) is 5.69 Å². The Morgan fingerprint density at radius 2 is 2.04 bits per heavy atom. The highest BCUT2D eigenvalue weighted by Crippen LogP contribution is 2.33. The lowest BCUT2D eigenvalue weighted by Gasteiger charge is -2.20. The SMILES string of the molecule is Cc1ccc(OCCCC(=O)OCc2cc([N+](=O)[O-])cc3c2OCOC3)cc1. The van der Waals surface area contributed by atoms with Crippen molar-refractivity contribution in [1.82, 2.24) is 0 Å². The number of carbonyl (C=O) groups is 1. The van der Waals surface area contributed by atoms with Crippen LogP contribution in [0.1, 0.15) is 29.5 Å². The van der Waals surface area contributed by atoms with Crippen LogP contribution in [0.3, 0.4) is 0 Å². The Kier molecular flexibility index (Phi) is 6.44. The average molecular weight is 387 g/mol. The fourth-order valence-corrected chi connectivity index (χ4v) is 2.76. The Morgan fingerprint density at radius 1 is 1.25 bits per heavy atom. The topological polar surface area (TPSA) is 97.1 Å². The van der Waals surface area contributed by atoms with Gasteiger partial charge in [0, 0.05) is 29.7 Å². The lowest BCUT2D eigenvalue weighted by atomic mass is 10.1. The molecule has 1 heterocycles. The van der Waals surface area contributed by atoms with E-state index in [4.69, 9.17) is 18.9 Å². The van der Waals surface area contributed by atoms with Crippen molar-refractivity contribution in [2.45, 2.75) is 33.0 Å². The summed E-state index contributed by atoms with van der Waals surface area (Å²) in [6.07, 6.45) is 0.692. The monoisotopic (exact) mass is 387 g/mol. The van der Waals surface area contributed by atoms with Gasteiger partial charge in [-0.2, -0.15) is 0 Å². The highest BCUT2D eigenvalue weighted by Gasteiger charge is 2.21. The normalized spacial score (nSPS) is 12.6. The fraction of sp³-hybridized carbons (Fsp3) is 0.350. The maximum Gasteiger partial charge on any atom is 0.306 e. The minimum atomic E-state index is -0.497. The zero-order valence-corrected chi connectivity index (χ0v) is 15.5. The van der Waals surface area contributed by atoms with Crippen LogP contribution in [-0.2, 0) is 27.5 Å². The van der Waals surface area contributed by atoms with Crippen LogP contribution in [0, 0.1) is 17.0 Å². The molecule has 0 saturated heterocycles. The predicted octanol–water partition coefficient (Wildman–Crippen LogP) is 3.67. The summed E-state index contributed by atoms with van der Waals surface area (Å²) in [5, 5.41) is 11.1. The van der Waals surface area contributed by atoms with E-state index in [1.54, 1.807) is 0 Å². The number of carbonyl (C=O) groups excluding carboxylic acids is 1. The molecule has 0 radical (unpaired) electrons. The Morgan fingerprint density at radius 3 is 2.79 bits per heavy atom. The smallest absolute Gasteiger partial charge is 0.306 e. The quantitative estimate of drug-likeness (QED) is 0.295. The molecule has 0 aromatic heterocycles. The number of ether oxygens (including phenoxy) is 4. The molecule has 0 spiro atoms. The number of rotatable bonds is 8. The number of nitrogens with zero attached hydrogens (tertiary/aromatic N) is 1. The molecule has 1 aliphatic heterocycles. The van der Waals surface area contributed by atoms with Crippen LogP contribution >= 0.6 is 0 Å². The van der Waals surface area contributed by atoms with Crippen molar-refractivity contribution in [3.63, 3.8) is 0 Å². The van der Waals surface area contributed by atoms with Gasteiger partial charge in [0.15, 0.2) is 6.79 Å². The van der Waals surface area contributed by atoms with Crippen LogP contribution < -0.4 is 9.47 Å². The number of hydrogen-bond donors (Lipinski definition) is 0. The molecular formula is C20H21NO7. The zero-order chi connectivity index (χ0) is 19.9. The molecule has 8 nitrogen and oxygen atoms in total. The summed E-state index contributed by atoms with van der Waals surface area (Å²) >= 11 is 0. The zero-order valence-electron chi connectivity index (χ0n) is 15.5. The lowest BCUT2D eigenvalue weighted by Crippen LogP contribution is -2.15. The van der Waals surface area contributed by atoms with Gasteiger partial charge in [-0.1, -0.05) is 17.7 Å². The van der Waals surface area contributed by atoms with Crippen LogP contribution in [0.5, 0.6) is 11.5 Å². The molecule has 8 heteroatoms. The maximum atomic E-state index is 12.0. The van der Waals surface area contributed by atoms with E-state index in [0.29, 0.717) is 29.9 Å². The minimum absolute atomic E-state index is 0.0576. The Labute approximate surface area is 162 Å². The third-order valence-electron chi connectivity index (χ3n) is 4.19. The molecule has 0 N–H and O–H groups in total. The first-order valence-electron chi connectivity index (χ1n) is 8.89. The summed E-state index contributed by atoms with van der Waals surface area (Å²) in [5.41, 5.74) is 2.08. The number of esters is 1. The minimum Gasteiger partial charge on any atom is -0.494 e. The molecule has 0 atom stereocenters. The lowest BCUT2D eigenvalue weighted by molar-refractivity contribution is -0.385. The van der Waals surface area contributed by atoms with E-state index in [2.05, 4.69) is 0 Å². The highest BCUT2D eigenvalue weighted by atomic mass is 16.7. The molecule has 1 aliphatic rings. The second-order valence-electron chi connectivity index (χ2n) is 6.39. The molecule has 3 rings (SSSR count). The van der Waals surface area contributed by atoms with Crippen LogP contribution in [0.2, 0.25) is 0 Å². The molecule has 0 amide bonds. The van der Waals surface area contributed by atoms with Crippen molar-refractivity contribution in [1.29, 1.82) is 0 Å². The summed E-state index contributed by atoms with van der Waals surface area (Å²) in [4.78, 5) is 22.6. The molecule has 0 aliphatic carbocycles. The molecule has 148 valence electrons. The second-order valence-corrected chi connectivity index (χ2v) is 6.39. The summed E-state index contributed by atoms with van der Waals surface area (Å²) < 4.78 is 21.4. The Hall–Kier alpha value is -3.13. The van der Waals surface area contributed by atoms with E-state index in [1.807, 2.05) is 31.2 Å².